The monoisotopic (exact) mass is 731 g/mol. The van der Waals surface area contributed by atoms with Gasteiger partial charge in [0, 0.05) is 21.4 Å². The number of benzene rings is 4. The van der Waals surface area contributed by atoms with Crippen LogP contribution in [0, 0.1) is 6.92 Å². The number of ketones is 1. The number of aliphatic hydroxyl groups excluding tert-OH is 1. The third-order valence-corrected chi connectivity index (χ3v) is 10.5. The Morgan fingerprint density at radius 2 is 1.65 bits per heavy atom. The summed E-state index contributed by atoms with van der Waals surface area (Å²) in [5.41, 5.74) is 3.90. The summed E-state index contributed by atoms with van der Waals surface area (Å²) >= 11 is 14.8. The van der Waals surface area contributed by atoms with Crippen molar-refractivity contribution in [3.63, 3.8) is 0 Å². The van der Waals surface area contributed by atoms with Crippen LogP contribution in [0.5, 0.6) is 5.75 Å². The normalized spacial score (nSPS) is 15.4. The molecule has 0 spiro atoms. The maximum Gasteiger partial charge on any atom is 0.337 e. The van der Waals surface area contributed by atoms with Crippen LogP contribution in [0.25, 0.3) is 5.76 Å². The molecule has 2 heterocycles. The number of halogens is 2. The van der Waals surface area contributed by atoms with Crippen molar-refractivity contribution >= 4 is 74.9 Å². The van der Waals surface area contributed by atoms with Crippen LogP contribution in [0.1, 0.15) is 44.2 Å². The van der Waals surface area contributed by atoms with Gasteiger partial charge in [-0.05, 0) is 77.7 Å². The second-order valence-electron chi connectivity index (χ2n) is 10.9. The first-order chi connectivity index (χ1) is 23.6. The fourth-order valence-corrected chi connectivity index (χ4v) is 7.62. The van der Waals surface area contributed by atoms with Crippen molar-refractivity contribution in [2.45, 2.75) is 29.7 Å². The molecule has 9 nitrogen and oxygen atoms in total. The summed E-state index contributed by atoms with van der Waals surface area (Å²) in [6.07, 6.45) is 0. The van der Waals surface area contributed by atoms with E-state index < -0.39 is 23.7 Å². The highest BCUT2D eigenvalue weighted by Gasteiger charge is 2.48. The Kier molecular flexibility index (Phi) is 10.4. The van der Waals surface area contributed by atoms with Gasteiger partial charge in [-0.25, -0.2) is 4.79 Å². The zero-order valence-corrected chi connectivity index (χ0v) is 29.2. The van der Waals surface area contributed by atoms with Gasteiger partial charge in [0.25, 0.3) is 5.78 Å². The SMILES string of the molecule is COC(=O)c1ccc(C2/C(=C(\O)c3ccc(OCc4ccccc4C)cc3)C(=O)C(=O)N2c2nnc(SCc3ccc(Cl)cc3Cl)s2)cc1. The average Bonchev–Trinajstić information content (AvgIpc) is 3.68. The van der Waals surface area contributed by atoms with Crippen molar-refractivity contribution in [2.24, 2.45) is 0 Å². The number of nitrogens with zero attached hydrogens (tertiary/aromatic N) is 3. The van der Waals surface area contributed by atoms with Crippen LogP contribution >= 0.6 is 46.3 Å². The van der Waals surface area contributed by atoms with Crippen LogP contribution in [0.4, 0.5) is 5.13 Å². The molecule has 13 heteroatoms. The molecule has 248 valence electrons. The molecule has 1 amide bonds. The van der Waals surface area contributed by atoms with Gasteiger partial charge in [-0.1, -0.05) is 88.8 Å². The number of esters is 1. The minimum Gasteiger partial charge on any atom is -0.507 e. The van der Waals surface area contributed by atoms with Gasteiger partial charge in [-0.2, -0.15) is 0 Å². The van der Waals surface area contributed by atoms with E-state index in [2.05, 4.69) is 10.2 Å². The van der Waals surface area contributed by atoms with E-state index in [1.165, 1.54) is 35.9 Å². The van der Waals surface area contributed by atoms with Crippen molar-refractivity contribution in [1.82, 2.24) is 10.2 Å². The van der Waals surface area contributed by atoms with Gasteiger partial charge in [0.15, 0.2) is 4.34 Å². The highest BCUT2D eigenvalue weighted by Crippen LogP contribution is 2.44. The zero-order chi connectivity index (χ0) is 34.7. The van der Waals surface area contributed by atoms with Gasteiger partial charge in [-0.3, -0.25) is 14.5 Å². The van der Waals surface area contributed by atoms with E-state index >= 15 is 0 Å². The van der Waals surface area contributed by atoms with Gasteiger partial charge in [-0.15, -0.1) is 10.2 Å². The number of thioether (sulfide) groups is 1. The van der Waals surface area contributed by atoms with Crippen molar-refractivity contribution in [1.29, 1.82) is 0 Å². The molecule has 1 aliphatic heterocycles. The number of amides is 1. The summed E-state index contributed by atoms with van der Waals surface area (Å²) in [4.78, 5) is 40.7. The summed E-state index contributed by atoms with van der Waals surface area (Å²) < 4.78 is 11.3. The second-order valence-corrected chi connectivity index (χ2v) is 13.9. The number of hydrogen-bond donors (Lipinski definition) is 1. The Morgan fingerprint density at radius 1 is 0.939 bits per heavy atom. The van der Waals surface area contributed by atoms with Crippen molar-refractivity contribution in [3.05, 3.63) is 140 Å². The van der Waals surface area contributed by atoms with E-state index in [9.17, 15) is 19.5 Å². The van der Waals surface area contributed by atoms with Gasteiger partial charge < -0.3 is 14.6 Å². The number of ether oxygens (including phenoxy) is 2. The molecular weight excluding hydrogens is 705 g/mol. The third kappa shape index (κ3) is 7.35. The largest absolute Gasteiger partial charge is 0.507 e. The van der Waals surface area contributed by atoms with Gasteiger partial charge in [0.05, 0.1) is 24.3 Å². The lowest BCUT2D eigenvalue weighted by atomic mass is 9.94. The predicted molar refractivity (Wildman–Crippen MR) is 190 cm³/mol. The maximum absolute atomic E-state index is 13.7. The van der Waals surface area contributed by atoms with Crippen LogP contribution in [0.15, 0.2) is 101 Å². The second kappa shape index (κ2) is 14.8. The Morgan fingerprint density at radius 3 is 2.35 bits per heavy atom. The summed E-state index contributed by atoms with van der Waals surface area (Å²) in [5, 5.41) is 21.3. The molecule has 49 heavy (non-hydrogen) atoms. The van der Waals surface area contributed by atoms with Crippen LogP contribution in [0.2, 0.25) is 10.0 Å². The third-order valence-electron chi connectivity index (χ3n) is 7.84. The molecule has 0 saturated carbocycles. The van der Waals surface area contributed by atoms with E-state index in [0.717, 1.165) is 28.0 Å². The number of Topliss-reactive ketones (excluding diaryl/α,β-unsaturated/α-hetero) is 1. The van der Waals surface area contributed by atoms with Crippen molar-refractivity contribution in [2.75, 3.05) is 12.0 Å². The summed E-state index contributed by atoms with van der Waals surface area (Å²) in [5.74, 6) is -1.66. The number of aryl methyl sites for hydroxylation is 1. The summed E-state index contributed by atoms with van der Waals surface area (Å²) in [6.45, 7) is 2.37. The molecule has 1 aliphatic rings. The molecule has 1 unspecified atom stereocenters. The Hall–Kier alpha value is -4.68. The van der Waals surface area contributed by atoms with Crippen molar-refractivity contribution < 1.29 is 29.0 Å². The van der Waals surface area contributed by atoms with Gasteiger partial charge in [0.2, 0.25) is 5.13 Å². The first-order valence-corrected chi connectivity index (χ1v) is 17.4. The number of carbonyl (C=O) groups excluding carboxylic acids is 3. The molecule has 0 radical (unpaired) electrons. The van der Waals surface area contributed by atoms with Crippen molar-refractivity contribution in [3.8, 4) is 5.75 Å². The summed E-state index contributed by atoms with van der Waals surface area (Å²) in [7, 11) is 1.27. The molecule has 1 aromatic heterocycles. The quantitative estimate of drug-likeness (QED) is 0.0377. The Bertz CT molecular complexity index is 2080. The minimum absolute atomic E-state index is 0.137. The van der Waals surface area contributed by atoms with Crippen LogP contribution in [0.3, 0.4) is 0 Å². The number of aromatic nitrogens is 2. The molecule has 0 bridgehead atoms. The first-order valence-electron chi connectivity index (χ1n) is 14.8. The molecule has 5 aromatic rings. The van der Waals surface area contributed by atoms with Gasteiger partial charge >= 0.3 is 11.9 Å². The lowest BCUT2D eigenvalue weighted by molar-refractivity contribution is -0.132. The van der Waals surface area contributed by atoms with Crippen LogP contribution in [-0.2, 0) is 26.7 Å². The number of hydrogen-bond acceptors (Lipinski definition) is 10. The molecule has 1 saturated heterocycles. The molecule has 4 aromatic carbocycles. The molecule has 1 atom stereocenters. The van der Waals surface area contributed by atoms with Gasteiger partial charge in [0.1, 0.15) is 18.1 Å². The smallest absolute Gasteiger partial charge is 0.337 e. The molecule has 1 N–H and O–H groups in total. The molecule has 6 rings (SSSR count). The van der Waals surface area contributed by atoms with E-state index in [0.29, 0.717) is 43.6 Å². The number of carbonyl (C=O) groups is 3. The van der Waals surface area contributed by atoms with E-state index in [1.807, 2.05) is 37.3 Å². The van der Waals surface area contributed by atoms with Crippen LogP contribution < -0.4 is 9.64 Å². The number of anilines is 1. The fourth-order valence-electron chi connectivity index (χ4n) is 5.20. The zero-order valence-electron chi connectivity index (χ0n) is 26.1. The fraction of sp³-hybridized carbons (Fsp3) is 0.139. The molecule has 1 fully saturated rings. The minimum atomic E-state index is -1.07. The van der Waals surface area contributed by atoms with E-state index in [4.69, 9.17) is 32.7 Å². The lowest BCUT2D eigenvalue weighted by Crippen LogP contribution is -2.29. The van der Waals surface area contributed by atoms with Crippen LogP contribution in [-0.4, -0.2) is 40.1 Å². The maximum atomic E-state index is 13.7. The molecular formula is C36H27Cl2N3O6S2. The summed E-state index contributed by atoms with van der Waals surface area (Å²) in [6, 6.07) is 24.9. The number of aliphatic hydroxyl groups is 1. The Labute approximate surface area is 300 Å². The predicted octanol–water partition coefficient (Wildman–Crippen LogP) is 8.44. The number of rotatable bonds is 10. The lowest BCUT2D eigenvalue weighted by Gasteiger charge is -2.22. The topological polar surface area (TPSA) is 119 Å². The standard InChI is InChI=1S/C36H27Cl2N3O6S2/c1-20-5-3-4-6-24(20)18-47-27-15-12-22(13-16-27)31(42)29-30(21-7-9-23(10-8-21)34(45)46-2)41(33(44)32(29)43)35-39-40-36(49-35)48-19-25-11-14-26(37)17-28(25)38/h3-17,30,42H,18-19H2,1-2H3/b31-29+. The number of methoxy groups -OCH3 is 1. The average molecular weight is 733 g/mol. The van der Waals surface area contributed by atoms with E-state index in [1.54, 1.807) is 48.5 Å². The Balaban J connectivity index is 1.32. The highest BCUT2D eigenvalue weighted by molar-refractivity contribution is 8.00. The van der Waals surface area contributed by atoms with E-state index in [-0.39, 0.29) is 22.0 Å². The first kappa shape index (κ1) is 34.2. The molecule has 0 aliphatic carbocycles. The highest BCUT2D eigenvalue weighted by atomic mass is 35.5.